The summed E-state index contributed by atoms with van der Waals surface area (Å²) >= 11 is 6.41. The minimum Gasteiger partial charge on any atom is -0.385 e. The number of imidazole rings is 1. The smallest absolute Gasteiger partial charge is 0.274 e. The molecule has 0 bridgehead atoms. The van der Waals surface area contributed by atoms with E-state index in [2.05, 4.69) is 4.98 Å². The molecule has 0 saturated carbocycles. The molecule has 0 radical (unpaired) electrons. The van der Waals surface area contributed by atoms with E-state index in [-0.39, 0.29) is 17.1 Å². The Morgan fingerprint density at radius 2 is 2.09 bits per heavy atom. The number of anilines is 1. The zero-order chi connectivity index (χ0) is 24.3. The van der Waals surface area contributed by atoms with Crippen molar-refractivity contribution < 1.29 is 9.90 Å². The first-order chi connectivity index (χ1) is 16.9. The average molecular weight is 493 g/mol. The number of carbonyl (C=O) groups excluding carboxylic acids is 1. The number of likely N-dealkylation sites (tertiary alicyclic amines) is 1. The number of halogens is 1. The second kappa shape index (κ2) is 8.31. The third-order valence-corrected chi connectivity index (χ3v) is 7.14. The summed E-state index contributed by atoms with van der Waals surface area (Å²) in [7, 11) is 0. The lowest BCUT2D eigenvalue weighted by molar-refractivity contribution is 0.0598. The lowest BCUT2D eigenvalue weighted by atomic mass is 9.99. The van der Waals surface area contributed by atoms with Crippen molar-refractivity contribution in [2.45, 2.75) is 38.3 Å². The number of aliphatic hydroxyl groups excluding tert-OH is 1. The van der Waals surface area contributed by atoms with Crippen LogP contribution in [0.4, 0.5) is 5.82 Å². The predicted molar refractivity (Wildman–Crippen MR) is 132 cm³/mol. The van der Waals surface area contributed by atoms with Gasteiger partial charge in [0.15, 0.2) is 16.5 Å². The number of amides is 1. The normalized spacial score (nSPS) is 20.9. The SMILES string of the molecule is Cc1cn2nc([C@@H]3CCCCN3C(=O)c3c(Cl)nc4ccccn34)cc2nc1N1CC(=N)[C@@H](O)C1. The third kappa shape index (κ3) is 3.64. The summed E-state index contributed by atoms with van der Waals surface area (Å²) in [6.07, 6.45) is 5.65. The summed E-state index contributed by atoms with van der Waals surface area (Å²) < 4.78 is 3.48. The van der Waals surface area contributed by atoms with Crippen molar-refractivity contribution in [3.05, 3.63) is 58.8 Å². The number of aliphatic hydroxyl groups is 1. The molecule has 10 nitrogen and oxygen atoms in total. The highest BCUT2D eigenvalue weighted by molar-refractivity contribution is 6.32. The van der Waals surface area contributed by atoms with Crippen LogP contribution in [-0.4, -0.2) is 71.3 Å². The fraction of sp³-hybridized carbons (Fsp3) is 0.375. The number of piperidine rings is 1. The monoisotopic (exact) mass is 492 g/mol. The van der Waals surface area contributed by atoms with Gasteiger partial charge < -0.3 is 20.3 Å². The van der Waals surface area contributed by atoms with E-state index in [1.807, 2.05) is 47.2 Å². The Morgan fingerprint density at radius 1 is 1.23 bits per heavy atom. The molecular formula is C24H25ClN8O2. The quantitative estimate of drug-likeness (QED) is 0.454. The van der Waals surface area contributed by atoms with Crippen LogP contribution in [0.3, 0.4) is 0 Å². The summed E-state index contributed by atoms with van der Waals surface area (Å²) in [4.78, 5) is 26.6. The number of β-amino-alcohol motifs (C(OH)–C–C–N with tert-alkyl or cyclic N) is 1. The first kappa shape index (κ1) is 22.0. The largest absolute Gasteiger partial charge is 0.385 e. The van der Waals surface area contributed by atoms with Crippen molar-refractivity contribution in [2.24, 2.45) is 0 Å². The first-order valence-electron chi connectivity index (χ1n) is 11.7. The molecule has 35 heavy (non-hydrogen) atoms. The van der Waals surface area contributed by atoms with Crippen molar-refractivity contribution in [1.29, 1.82) is 5.41 Å². The van der Waals surface area contributed by atoms with E-state index < -0.39 is 6.10 Å². The summed E-state index contributed by atoms with van der Waals surface area (Å²) in [6, 6.07) is 7.26. The number of hydrogen-bond acceptors (Lipinski definition) is 7. The molecule has 0 spiro atoms. The molecule has 1 amide bonds. The van der Waals surface area contributed by atoms with Gasteiger partial charge in [-0.05, 0) is 38.3 Å². The van der Waals surface area contributed by atoms with E-state index in [9.17, 15) is 9.90 Å². The van der Waals surface area contributed by atoms with Gasteiger partial charge >= 0.3 is 0 Å². The number of nitrogens with one attached hydrogen (secondary N) is 1. The van der Waals surface area contributed by atoms with E-state index in [1.54, 1.807) is 15.1 Å². The summed E-state index contributed by atoms with van der Waals surface area (Å²) in [5, 5.41) is 22.9. The summed E-state index contributed by atoms with van der Waals surface area (Å²) in [5.74, 6) is 0.573. The van der Waals surface area contributed by atoms with Crippen LogP contribution in [0.5, 0.6) is 0 Å². The van der Waals surface area contributed by atoms with Gasteiger partial charge in [-0.3, -0.25) is 9.20 Å². The van der Waals surface area contributed by atoms with Crippen molar-refractivity contribution in [3.63, 3.8) is 0 Å². The van der Waals surface area contributed by atoms with E-state index in [0.29, 0.717) is 42.3 Å². The molecule has 6 heterocycles. The Bertz CT molecular complexity index is 1480. The zero-order valence-corrected chi connectivity index (χ0v) is 20.0. The van der Waals surface area contributed by atoms with Crippen LogP contribution in [0.25, 0.3) is 11.3 Å². The van der Waals surface area contributed by atoms with E-state index in [1.165, 1.54) is 0 Å². The predicted octanol–water partition coefficient (Wildman–Crippen LogP) is 2.91. The van der Waals surface area contributed by atoms with Gasteiger partial charge in [0.1, 0.15) is 17.6 Å². The topological polar surface area (TPSA) is 115 Å². The van der Waals surface area contributed by atoms with Crippen LogP contribution in [0.2, 0.25) is 5.15 Å². The van der Waals surface area contributed by atoms with E-state index in [4.69, 9.17) is 27.1 Å². The Kier molecular flexibility index (Phi) is 5.23. The number of fused-ring (bicyclic) bond motifs is 2. The van der Waals surface area contributed by atoms with Crippen LogP contribution in [0.1, 0.15) is 47.1 Å². The van der Waals surface area contributed by atoms with Crippen LogP contribution in [-0.2, 0) is 0 Å². The van der Waals surface area contributed by atoms with Gasteiger partial charge in [0.05, 0.1) is 30.5 Å². The Hall–Kier alpha value is -3.50. The molecule has 2 N–H and O–H groups in total. The van der Waals surface area contributed by atoms with Crippen LogP contribution >= 0.6 is 11.6 Å². The van der Waals surface area contributed by atoms with Crippen LogP contribution in [0.15, 0.2) is 36.7 Å². The molecule has 2 saturated heterocycles. The highest BCUT2D eigenvalue weighted by Gasteiger charge is 2.34. The molecule has 2 fully saturated rings. The molecule has 2 atom stereocenters. The highest BCUT2D eigenvalue weighted by atomic mass is 35.5. The molecule has 4 aromatic heterocycles. The van der Waals surface area contributed by atoms with Gasteiger partial charge in [-0.15, -0.1) is 0 Å². The van der Waals surface area contributed by atoms with E-state index in [0.717, 1.165) is 36.3 Å². The molecule has 2 aliphatic heterocycles. The Morgan fingerprint density at radius 3 is 2.89 bits per heavy atom. The number of hydrogen-bond donors (Lipinski definition) is 2. The number of aryl methyl sites for hydroxylation is 1. The van der Waals surface area contributed by atoms with Crippen LogP contribution < -0.4 is 4.90 Å². The number of carbonyl (C=O) groups is 1. The molecule has 0 unspecified atom stereocenters. The van der Waals surface area contributed by atoms with Gasteiger partial charge in [-0.25, -0.2) is 14.5 Å². The molecule has 180 valence electrons. The number of pyridine rings is 1. The lowest BCUT2D eigenvalue weighted by Crippen LogP contribution is -2.39. The molecular weight excluding hydrogens is 468 g/mol. The molecule has 0 aromatic carbocycles. The molecule has 6 rings (SSSR count). The molecule has 11 heteroatoms. The second-order valence-corrected chi connectivity index (χ2v) is 9.59. The van der Waals surface area contributed by atoms with Crippen molar-refractivity contribution in [3.8, 4) is 0 Å². The maximum absolute atomic E-state index is 13.7. The van der Waals surface area contributed by atoms with Gasteiger partial charge in [0, 0.05) is 30.6 Å². The minimum absolute atomic E-state index is 0.162. The second-order valence-electron chi connectivity index (χ2n) is 9.23. The van der Waals surface area contributed by atoms with Crippen molar-refractivity contribution >= 4 is 40.3 Å². The number of rotatable bonds is 3. The number of aromatic nitrogens is 5. The number of nitrogens with zero attached hydrogens (tertiary/aromatic N) is 7. The Balaban J connectivity index is 1.36. The van der Waals surface area contributed by atoms with Crippen LogP contribution in [0, 0.1) is 12.3 Å². The summed E-state index contributed by atoms with van der Waals surface area (Å²) in [5.41, 5.74) is 3.64. The molecule has 4 aromatic rings. The fourth-order valence-corrected chi connectivity index (χ4v) is 5.39. The first-order valence-corrected chi connectivity index (χ1v) is 12.1. The molecule has 2 aliphatic rings. The average Bonchev–Trinajstić information content (AvgIpc) is 3.51. The van der Waals surface area contributed by atoms with Gasteiger partial charge in [0.25, 0.3) is 5.91 Å². The van der Waals surface area contributed by atoms with Crippen molar-refractivity contribution in [2.75, 3.05) is 24.5 Å². The fourth-order valence-electron chi connectivity index (χ4n) is 5.13. The maximum atomic E-state index is 13.7. The highest BCUT2D eigenvalue weighted by Crippen LogP contribution is 2.34. The van der Waals surface area contributed by atoms with Gasteiger partial charge in [0.2, 0.25) is 0 Å². The minimum atomic E-state index is -0.763. The lowest BCUT2D eigenvalue weighted by Gasteiger charge is -2.34. The Labute approximate surface area is 206 Å². The zero-order valence-electron chi connectivity index (χ0n) is 19.2. The van der Waals surface area contributed by atoms with Gasteiger partial charge in [-0.1, -0.05) is 17.7 Å². The van der Waals surface area contributed by atoms with E-state index >= 15 is 0 Å². The standard InChI is InChI=1S/C24H25ClN8O2/c1-14-11-33-20(28-23(14)30-12-15(26)18(34)13-30)10-16(29-33)17-6-2-4-8-31(17)24(35)21-22(25)27-19-7-3-5-9-32(19)21/h3,5,7,9-11,17-18,26,34H,2,4,6,8,12-13H2,1H3/t17-,18-/m0/s1. The summed E-state index contributed by atoms with van der Waals surface area (Å²) in [6.45, 7) is 3.27. The van der Waals surface area contributed by atoms with Crippen molar-refractivity contribution in [1.82, 2.24) is 28.9 Å². The maximum Gasteiger partial charge on any atom is 0.274 e. The molecule has 0 aliphatic carbocycles. The van der Waals surface area contributed by atoms with Gasteiger partial charge in [-0.2, -0.15) is 5.10 Å². The third-order valence-electron chi connectivity index (χ3n) is 6.88.